The molecule has 0 unspecified atom stereocenters. The highest BCUT2D eigenvalue weighted by molar-refractivity contribution is 8.15. The standard InChI is InChI=1S/C13H14N2O5S.C12H14N2O3S.CO2/c1-7(16)13(2)6-21-12(15-13)10-11(19)8(3-4-14-10)20-5-9(17)18;1-7(15)12(2)6-18-11(14-12)10-9(16)4-8(17-3)5-13-10;2-1-3/h3-4,19H,5-6H2,1-2H3,(H,17,18);4-5,16H,6H2,1-3H3;/t13-;12-;/m11./s1. The van der Waals surface area contributed by atoms with E-state index < -0.39 is 23.7 Å². The number of carbonyl (C=O) groups is 3. The van der Waals surface area contributed by atoms with Gasteiger partial charge in [-0.2, -0.15) is 9.59 Å². The molecule has 16 heteroatoms. The number of aliphatic imine (C=N–C) groups is 2. The van der Waals surface area contributed by atoms with Crippen molar-refractivity contribution in [2.75, 3.05) is 25.2 Å². The minimum atomic E-state index is -1.15. The first-order chi connectivity index (χ1) is 19.7. The van der Waals surface area contributed by atoms with Crippen LogP contribution in [0, 0.1) is 0 Å². The second-order valence-corrected chi connectivity index (χ2v) is 11.0. The fourth-order valence-electron chi connectivity index (χ4n) is 3.16. The summed E-state index contributed by atoms with van der Waals surface area (Å²) in [5, 5.41) is 29.6. The Morgan fingerprint density at radius 3 is 1.93 bits per heavy atom. The van der Waals surface area contributed by atoms with Gasteiger partial charge in [-0.05, 0) is 27.7 Å². The zero-order valence-corrected chi connectivity index (χ0v) is 24.9. The molecule has 14 nitrogen and oxygen atoms in total. The Kier molecular flexibility index (Phi) is 11.8. The van der Waals surface area contributed by atoms with Crippen LogP contribution < -0.4 is 9.47 Å². The van der Waals surface area contributed by atoms with Crippen LogP contribution in [-0.2, 0) is 24.0 Å². The number of hydrogen-bond donors (Lipinski definition) is 3. The molecule has 2 aliphatic rings. The average Bonchev–Trinajstić information content (AvgIpc) is 3.53. The molecule has 0 spiro atoms. The van der Waals surface area contributed by atoms with Crippen molar-refractivity contribution in [3.05, 3.63) is 35.9 Å². The van der Waals surface area contributed by atoms with Crippen molar-refractivity contribution >= 4 is 57.3 Å². The quantitative estimate of drug-likeness (QED) is 0.386. The number of carboxylic acids is 1. The van der Waals surface area contributed by atoms with Gasteiger partial charge < -0.3 is 24.8 Å². The summed E-state index contributed by atoms with van der Waals surface area (Å²) in [6.45, 7) is 5.93. The third-order valence-corrected chi connectivity index (χ3v) is 8.44. The van der Waals surface area contributed by atoms with Gasteiger partial charge in [-0.3, -0.25) is 19.6 Å². The molecule has 0 saturated heterocycles. The fourth-order valence-corrected chi connectivity index (χ4v) is 5.64. The van der Waals surface area contributed by atoms with Crippen molar-refractivity contribution in [3.8, 4) is 23.0 Å². The van der Waals surface area contributed by atoms with Crippen LogP contribution in [0.1, 0.15) is 39.1 Å². The van der Waals surface area contributed by atoms with E-state index in [4.69, 9.17) is 24.2 Å². The monoisotopic (exact) mass is 620 g/mol. The van der Waals surface area contributed by atoms with Crippen molar-refractivity contribution in [3.63, 3.8) is 0 Å². The molecule has 0 saturated carbocycles. The molecule has 0 fully saturated rings. The molecule has 2 atom stereocenters. The number of rotatable bonds is 8. The predicted octanol–water partition coefficient (Wildman–Crippen LogP) is 2.15. The second-order valence-electron chi connectivity index (χ2n) is 9.09. The highest BCUT2D eigenvalue weighted by atomic mass is 32.2. The number of nitrogens with zero attached hydrogens (tertiary/aromatic N) is 4. The Bertz CT molecular complexity index is 1460. The zero-order chi connectivity index (χ0) is 31.7. The van der Waals surface area contributed by atoms with Gasteiger partial charge in [0.1, 0.15) is 44.1 Å². The number of aromatic nitrogens is 2. The van der Waals surface area contributed by atoms with Gasteiger partial charge in [0.15, 0.2) is 29.7 Å². The lowest BCUT2D eigenvalue weighted by Gasteiger charge is -2.14. The Hall–Kier alpha value is -4.27. The third kappa shape index (κ3) is 8.38. The van der Waals surface area contributed by atoms with Gasteiger partial charge >= 0.3 is 12.1 Å². The van der Waals surface area contributed by atoms with E-state index >= 15 is 0 Å². The summed E-state index contributed by atoms with van der Waals surface area (Å²) in [6.07, 6.45) is 3.15. The van der Waals surface area contributed by atoms with E-state index in [1.807, 2.05) is 0 Å². The topological polar surface area (TPSA) is 215 Å². The molecule has 3 N–H and O–H groups in total. The van der Waals surface area contributed by atoms with E-state index in [0.717, 1.165) is 0 Å². The lowest BCUT2D eigenvalue weighted by atomic mass is 10.0. The van der Waals surface area contributed by atoms with Gasteiger partial charge in [-0.25, -0.2) is 14.8 Å². The third-order valence-electron chi connectivity index (χ3n) is 5.92. The summed E-state index contributed by atoms with van der Waals surface area (Å²) in [7, 11) is 1.50. The molecule has 4 rings (SSSR count). The van der Waals surface area contributed by atoms with Gasteiger partial charge in [0.05, 0.1) is 13.3 Å². The van der Waals surface area contributed by atoms with Gasteiger partial charge in [0.25, 0.3) is 0 Å². The van der Waals surface area contributed by atoms with Crippen molar-refractivity contribution < 1.29 is 48.8 Å². The van der Waals surface area contributed by atoms with Crippen LogP contribution in [0.5, 0.6) is 23.0 Å². The fraction of sp³-hybridized carbons (Fsp3) is 0.385. The first-order valence-electron chi connectivity index (χ1n) is 11.9. The Balaban J connectivity index is 0.000000271. The maximum atomic E-state index is 11.6. The Labute approximate surface area is 248 Å². The highest BCUT2D eigenvalue weighted by Gasteiger charge is 2.38. The van der Waals surface area contributed by atoms with Crippen LogP contribution in [0.3, 0.4) is 0 Å². The van der Waals surface area contributed by atoms with E-state index in [0.29, 0.717) is 33.0 Å². The number of hydrogen-bond acceptors (Lipinski definition) is 15. The van der Waals surface area contributed by atoms with Crippen LogP contribution in [0.15, 0.2) is 34.5 Å². The number of ketones is 2. The van der Waals surface area contributed by atoms with Crippen molar-refractivity contribution in [2.24, 2.45) is 9.98 Å². The summed E-state index contributed by atoms with van der Waals surface area (Å²) < 4.78 is 9.95. The SMILES string of the molecule is CC(=O)[C@@]1(C)CSC(c2nccc(OCC(=O)O)c2O)=N1.COc1cnc(C2=N[C@@](C)(C(C)=O)CS2)c(O)c1.O=C=O. The van der Waals surface area contributed by atoms with Crippen molar-refractivity contribution in [1.29, 1.82) is 0 Å². The maximum absolute atomic E-state index is 11.6. The minimum Gasteiger partial charge on any atom is -0.505 e. The van der Waals surface area contributed by atoms with E-state index in [-0.39, 0.29) is 40.7 Å². The van der Waals surface area contributed by atoms with E-state index in [1.165, 1.54) is 69.0 Å². The van der Waals surface area contributed by atoms with Crippen LogP contribution in [0.4, 0.5) is 0 Å². The molecule has 0 amide bonds. The number of aromatic hydroxyl groups is 2. The van der Waals surface area contributed by atoms with Gasteiger partial charge in [0.2, 0.25) is 0 Å². The first-order valence-corrected chi connectivity index (χ1v) is 13.9. The second kappa shape index (κ2) is 14.6. The molecule has 2 aromatic rings. The Morgan fingerprint density at radius 2 is 1.50 bits per heavy atom. The molecule has 0 bridgehead atoms. The van der Waals surface area contributed by atoms with Gasteiger partial charge in [-0.1, -0.05) is 0 Å². The number of ether oxygens (including phenoxy) is 2. The lowest BCUT2D eigenvalue weighted by molar-refractivity contribution is -0.191. The number of Topliss-reactive ketones (excluding diaryl/α,β-unsaturated/α-hetero) is 2. The van der Waals surface area contributed by atoms with E-state index in [1.54, 1.807) is 13.8 Å². The highest BCUT2D eigenvalue weighted by Crippen LogP contribution is 2.37. The molecular formula is C26H28N4O10S2. The molecule has 0 aliphatic carbocycles. The summed E-state index contributed by atoms with van der Waals surface area (Å²) in [6, 6.07) is 2.85. The number of pyridine rings is 2. The van der Waals surface area contributed by atoms with E-state index in [2.05, 4.69) is 20.0 Å². The molecule has 0 aromatic carbocycles. The van der Waals surface area contributed by atoms with Gasteiger partial charge in [-0.15, -0.1) is 23.5 Å². The van der Waals surface area contributed by atoms with Crippen LogP contribution in [0.2, 0.25) is 0 Å². The first kappa shape index (κ1) is 33.9. The normalized spacial score (nSPS) is 20.4. The Morgan fingerprint density at radius 1 is 0.976 bits per heavy atom. The largest absolute Gasteiger partial charge is 0.505 e. The minimum absolute atomic E-state index is 0.00778. The average molecular weight is 621 g/mol. The number of carbonyl (C=O) groups excluding carboxylic acids is 4. The summed E-state index contributed by atoms with van der Waals surface area (Å²) in [5.74, 6) is 0.0665. The predicted molar refractivity (Wildman–Crippen MR) is 153 cm³/mol. The molecule has 42 heavy (non-hydrogen) atoms. The lowest BCUT2D eigenvalue weighted by Crippen LogP contribution is -2.31. The van der Waals surface area contributed by atoms with Crippen molar-refractivity contribution in [1.82, 2.24) is 9.97 Å². The van der Waals surface area contributed by atoms with Crippen LogP contribution in [-0.4, -0.2) is 95.4 Å². The number of carboxylic acid groups (broad SMARTS) is 1. The molecule has 4 heterocycles. The molecular weight excluding hydrogens is 592 g/mol. The molecule has 2 aromatic heterocycles. The maximum Gasteiger partial charge on any atom is 0.373 e. The smallest absolute Gasteiger partial charge is 0.373 e. The number of thioether (sulfide) groups is 2. The van der Waals surface area contributed by atoms with Gasteiger partial charge in [0, 0.05) is 29.8 Å². The number of methoxy groups -OCH3 is 1. The van der Waals surface area contributed by atoms with E-state index in [9.17, 15) is 24.6 Å². The summed E-state index contributed by atoms with van der Waals surface area (Å²) >= 11 is 2.74. The zero-order valence-electron chi connectivity index (χ0n) is 23.2. The van der Waals surface area contributed by atoms with Crippen LogP contribution >= 0.6 is 23.5 Å². The summed E-state index contributed by atoms with van der Waals surface area (Å²) in [4.78, 5) is 66.7. The number of aliphatic carboxylic acids is 1. The molecule has 2 aliphatic heterocycles. The van der Waals surface area contributed by atoms with Crippen molar-refractivity contribution in [2.45, 2.75) is 38.8 Å². The molecule has 0 radical (unpaired) electrons. The summed E-state index contributed by atoms with van der Waals surface area (Å²) in [5.41, 5.74) is -0.960. The van der Waals surface area contributed by atoms with Crippen LogP contribution in [0.25, 0.3) is 0 Å². The molecule has 224 valence electrons.